The van der Waals surface area contributed by atoms with E-state index < -0.39 is 4.92 Å². The second-order valence-corrected chi connectivity index (χ2v) is 6.30. The number of phenols is 2. The van der Waals surface area contributed by atoms with Gasteiger partial charge >= 0.3 is 0 Å². The summed E-state index contributed by atoms with van der Waals surface area (Å²) >= 11 is 0. The lowest BCUT2D eigenvalue weighted by Gasteiger charge is -2.09. The highest BCUT2D eigenvalue weighted by molar-refractivity contribution is 5.92. The van der Waals surface area contributed by atoms with E-state index in [0.717, 1.165) is 0 Å². The quantitative estimate of drug-likeness (QED) is 0.261. The van der Waals surface area contributed by atoms with Crippen LogP contribution in [0, 0.1) is 10.1 Å². The Hall–Kier alpha value is -4.53. The van der Waals surface area contributed by atoms with E-state index >= 15 is 0 Å². The van der Waals surface area contributed by atoms with Crippen LogP contribution in [0.15, 0.2) is 71.8 Å². The molecule has 9 heteroatoms. The summed E-state index contributed by atoms with van der Waals surface area (Å²) in [6.07, 6.45) is 1.26. The highest BCUT2D eigenvalue weighted by Crippen LogP contribution is 2.30. The summed E-state index contributed by atoms with van der Waals surface area (Å²) in [6, 6.07) is 17.6. The van der Waals surface area contributed by atoms with Crippen LogP contribution in [-0.2, 0) is 0 Å². The molecule has 0 unspecified atom stereocenters. The van der Waals surface area contributed by atoms with Gasteiger partial charge in [0.2, 0.25) is 0 Å². The van der Waals surface area contributed by atoms with Crippen molar-refractivity contribution in [3.63, 3.8) is 0 Å². The third kappa shape index (κ3) is 3.72. The second kappa shape index (κ2) is 7.84. The monoisotopic (exact) mass is 401 g/mol. The van der Waals surface area contributed by atoms with Crippen molar-refractivity contribution in [2.24, 2.45) is 5.10 Å². The first-order valence-corrected chi connectivity index (χ1v) is 8.84. The van der Waals surface area contributed by atoms with E-state index in [0.29, 0.717) is 28.1 Å². The number of aromatic nitrogens is 2. The van der Waals surface area contributed by atoms with Crippen LogP contribution in [0.1, 0.15) is 5.56 Å². The Morgan fingerprint density at radius 2 is 1.73 bits per heavy atom. The Kier molecular flexibility index (Phi) is 4.92. The van der Waals surface area contributed by atoms with Crippen molar-refractivity contribution in [2.45, 2.75) is 0 Å². The number of rotatable bonds is 5. The lowest BCUT2D eigenvalue weighted by Crippen LogP contribution is -1.99. The largest absolute Gasteiger partial charge is 0.507 e. The zero-order chi connectivity index (χ0) is 21.1. The van der Waals surface area contributed by atoms with Gasteiger partial charge in [0.05, 0.1) is 22.2 Å². The number of benzene rings is 3. The van der Waals surface area contributed by atoms with Gasteiger partial charge in [-0.05, 0) is 30.3 Å². The van der Waals surface area contributed by atoms with Gasteiger partial charge in [0.1, 0.15) is 11.5 Å². The van der Waals surface area contributed by atoms with Crippen molar-refractivity contribution >= 4 is 28.6 Å². The maximum atomic E-state index is 10.9. The number of hydrogen-bond acceptors (Lipinski definition) is 8. The molecule has 0 fully saturated rings. The molecule has 3 aromatic carbocycles. The van der Waals surface area contributed by atoms with Gasteiger partial charge in [-0.25, -0.2) is 9.97 Å². The van der Waals surface area contributed by atoms with Gasteiger partial charge in [-0.2, -0.15) is 5.10 Å². The number of nitro groups is 1. The van der Waals surface area contributed by atoms with Gasteiger partial charge in [-0.3, -0.25) is 15.5 Å². The summed E-state index contributed by atoms with van der Waals surface area (Å²) in [5.41, 5.74) is 3.92. The van der Waals surface area contributed by atoms with Crippen molar-refractivity contribution in [1.29, 1.82) is 0 Å². The van der Waals surface area contributed by atoms with Gasteiger partial charge in [-0.1, -0.05) is 24.3 Å². The number of nitrogens with zero attached hydrogens (tertiary/aromatic N) is 4. The third-order valence-corrected chi connectivity index (χ3v) is 4.34. The van der Waals surface area contributed by atoms with Crippen molar-refractivity contribution in [1.82, 2.24) is 9.97 Å². The summed E-state index contributed by atoms with van der Waals surface area (Å²) < 4.78 is 0. The van der Waals surface area contributed by atoms with Gasteiger partial charge in [0.15, 0.2) is 11.6 Å². The van der Waals surface area contributed by atoms with Gasteiger partial charge in [0.25, 0.3) is 5.69 Å². The fourth-order valence-electron chi connectivity index (χ4n) is 2.87. The normalized spacial score (nSPS) is 11.1. The molecule has 1 heterocycles. The Labute approximate surface area is 170 Å². The summed E-state index contributed by atoms with van der Waals surface area (Å²) in [5, 5.41) is 35.7. The summed E-state index contributed by atoms with van der Waals surface area (Å²) in [6.45, 7) is 0. The number of phenolic OH excluding ortho intramolecular Hbond substituents is 2. The van der Waals surface area contributed by atoms with Crippen LogP contribution in [0.4, 0.5) is 11.5 Å². The van der Waals surface area contributed by atoms with Crippen LogP contribution in [0.25, 0.3) is 22.3 Å². The van der Waals surface area contributed by atoms with Crippen LogP contribution in [0.5, 0.6) is 11.5 Å². The fourth-order valence-corrected chi connectivity index (χ4v) is 2.87. The average Bonchev–Trinajstić information content (AvgIpc) is 2.75. The van der Waals surface area contributed by atoms with Crippen molar-refractivity contribution in [3.8, 4) is 22.9 Å². The molecule has 30 heavy (non-hydrogen) atoms. The fraction of sp³-hybridized carbons (Fsp3) is 0. The molecule has 0 saturated heterocycles. The van der Waals surface area contributed by atoms with E-state index in [2.05, 4.69) is 20.5 Å². The molecule has 1 aromatic heterocycles. The standard InChI is InChI=1S/C21H15N5O4/c27-18-10-9-14(26(29)30)11-13(18)12-22-25-21-15-5-1-3-7-17(15)23-20(24-21)16-6-2-4-8-19(16)28/h1-12,27-28H,(H,23,24,25)/b22-12+. The number of nitro benzene ring substituents is 1. The lowest BCUT2D eigenvalue weighted by molar-refractivity contribution is -0.384. The van der Waals surface area contributed by atoms with Crippen LogP contribution in [0.2, 0.25) is 0 Å². The minimum atomic E-state index is -0.555. The minimum Gasteiger partial charge on any atom is -0.507 e. The van der Waals surface area contributed by atoms with E-state index in [1.807, 2.05) is 24.3 Å². The number of anilines is 1. The highest BCUT2D eigenvalue weighted by atomic mass is 16.6. The Balaban J connectivity index is 1.72. The number of para-hydroxylation sites is 2. The van der Waals surface area contributed by atoms with E-state index in [1.165, 1.54) is 24.4 Å². The molecule has 0 atom stereocenters. The molecule has 4 rings (SSSR count). The average molecular weight is 401 g/mol. The van der Waals surface area contributed by atoms with Crippen LogP contribution in [0.3, 0.4) is 0 Å². The predicted octanol–water partition coefficient (Wildman–Crippen LogP) is 4.06. The molecule has 0 aliphatic rings. The van der Waals surface area contributed by atoms with E-state index in [4.69, 9.17) is 0 Å². The molecule has 0 aliphatic heterocycles. The third-order valence-electron chi connectivity index (χ3n) is 4.34. The first-order valence-electron chi connectivity index (χ1n) is 8.84. The molecule has 4 aromatic rings. The maximum Gasteiger partial charge on any atom is 0.270 e. The van der Waals surface area contributed by atoms with Gasteiger partial charge in [-0.15, -0.1) is 0 Å². The molecule has 3 N–H and O–H groups in total. The maximum absolute atomic E-state index is 10.9. The van der Waals surface area contributed by atoms with Crippen LogP contribution >= 0.6 is 0 Å². The number of hydrogen-bond donors (Lipinski definition) is 3. The van der Waals surface area contributed by atoms with E-state index in [1.54, 1.807) is 24.3 Å². The Bertz CT molecular complexity index is 1290. The molecular weight excluding hydrogens is 386 g/mol. The molecule has 0 bridgehead atoms. The number of fused-ring (bicyclic) bond motifs is 1. The van der Waals surface area contributed by atoms with Gasteiger partial charge < -0.3 is 10.2 Å². The van der Waals surface area contributed by atoms with E-state index in [-0.39, 0.29) is 22.7 Å². The van der Waals surface area contributed by atoms with Crippen LogP contribution < -0.4 is 5.43 Å². The van der Waals surface area contributed by atoms with Gasteiger partial charge in [0, 0.05) is 23.1 Å². The molecule has 9 nitrogen and oxygen atoms in total. The first-order chi connectivity index (χ1) is 14.5. The summed E-state index contributed by atoms with van der Waals surface area (Å²) in [5.74, 6) is 0.583. The molecule has 0 spiro atoms. The molecular formula is C21H15N5O4. The highest BCUT2D eigenvalue weighted by Gasteiger charge is 2.12. The molecule has 0 saturated carbocycles. The Morgan fingerprint density at radius 1 is 0.967 bits per heavy atom. The smallest absolute Gasteiger partial charge is 0.270 e. The topological polar surface area (TPSA) is 134 Å². The molecule has 148 valence electrons. The second-order valence-electron chi connectivity index (χ2n) is 6.30. The lowest BCUT2D eigenvalue weighted by atomic mass is 10.1. The zero-order valence-electron chi connectivity index (χ0n) is 15.4. The zero-order valence-corrected chi connectivity index (χ0v) is 15.4. The molecule has 0 radical (unpaired) electrons. The number of hydrazone groups is 1. The minimum absolute atomic E-state index is 0.0451. The van der Waals surface area contributed by atoms with E-state index in [9.17, 15) is 20.3 Å². The predicted molar refractivity (Wildman–Crippen MR) is 113 cm³/mol. The first kappa shape index (κ1) is 18.8. The SMILES string of the molecule is O=[N+]([O-])c1ccc(O)c(/C=N/Nc2nc(-c3ccccc3O)nc3ccccc23)c1. The van der Waals surface area contributed by atoms with Crippen molar-refractivity contribution in [2.75, 3.05) is 5.43 Å². The Morgan fingerprint density at radius 3 is 2.53 bits per heavy atom. The number of nitrogens with one attached hydrogen (secondary N) is 1. The summed E-state index contributed by atoms with van der Waals surface area (Å²) in [7, 11) is 0. The summed E-state index contributed by atoms with van der Waals surface area (Å²) in [4.78, 5) is 19.3. The van der Waals surface area contributed by atoms with Crippen molar-refractivity contribution in [3.05, 3.63) is 82.4 Å². The van der Waals surface area contributed by atoms with Crippen molar-refractivity contribution < 1.29 is 15.1 Å². The molecule has 0 amide bonds. The van der Waals surface area contributed by atoms with Crippen LogP contribution in [-0.4, -0.2) is 31.3 Å². The molecule has 0 aliphatic carbocycles. The number of aromatic hydroxyl groups is 2. The number of non-ortho nitro benzene ring substituents is 1.